The van der Waals surface area contributed by atoms with Crippen molar-refractivity contribution in [2.75, 3.05) is 13.1 Å². The van der Waals surface area contributed by atoms with Gasteiger partial charge in [0, 0.05) is 43.4 Å². The lowest BCUT2D eigenvalue weighted by atomic mass is 9.94. The first-order valence-corrected chi connectivity index (χ1v) is 8.37. The zero-order valence-corrected chi connectivity index (χ0v) is 13.5. The van der Waals surface area contributed by atoms with Crippen molar-refractivity contribution in [3.63, 3.8) is 0 Å². The maximum Gasteiger partial charge on any atom is 0.225 e. The molecule has 0 spiro atoms. The summed E-state index contributed by atoms with van der Waals surface area (Å²) in [5, 5.41) is 0. The molecule has 116 valence electrons. The summed E-state index contributed by atoms with van der Waals surface area (Å²) in [4.78, 5) is 19.0. The molecule has 0 aromatic carbocycles. The van der Waals surface area contributed by atoms with E-state index < -0.39 is 0 Å². The Balaban J connectivity index is 1.66. The molecule has 3 rings (SSSR count). The Morgan fingerprint density at radius 3 is 2.81 bits per heavy atom. The Morgan fingerprint density at radius 2 is 2.14 bits per heavy atom. The molecule has 2 aliphatic rings. The summed E-state index contributed by atoms with van der Waals surface area (Å²) in [5.74, 6) is 2.51. The lowest BCUT2D eigenvalue weighted by molar-refractivity contribution is -0.134. The number of rotatable bonds is 4. The number of hydrogen-bond donors (Lipinski definition) is 0. The summed E-state index contributed by atoms with van der Waals surface area (Å²) in [6.45, 7) is 8.44. The molecule has 1 aromatic heterocycles. The minimum Gasteiger partial charge on any atom is -0.342 e. The Morgan fingerprint density at radius 1 is 1.38 bits per heavy atom. The third kappa shape index (κ3) is 3.14. The zero-order chi connectivity index (χ0) is 15.0. The van der Waals surface area contributed by atoms with Crippen molar-refractivity contribution in [2.45, 2.75) is 58.9 Å². The van der Waals surface area contributed by atoms with Gasteiger partial charge in [0.15, 0.2) is 0 Å². The molecule has 1 atom stereocenters. The van der Waals surface area contributed by atoms with Crippen molar-refractivity contribution in [1.29, 1.82) is 0 Å². The number of aryl methyl sites for hydroxylation is 1. The average molecular weight is 289 g/mol. The van der Waals surface area contributed by atoms with Crippen LogP contribution >= 0.6 is 0 Å². The van der Waals surface area contributed by atoms with Crippen LogP contribution in [-0.4, -0.2) is 33.4 Å². The third-order valence-corrected chi connectivity index (χ3v) is 4.80. The summed E-state index contributed by atoms with van der Waals surface area (Å²) in [5.41, 5.74) is 1.24. The first-order chi connectivity index (χ1) is 10.1. The minimum atomic E-state index is 0.351. The van der Waals surface area contributed by atoms with E-state index in [1.165, 1.54) is 17.9 Å². The molecule has 1 aliphatic carbocycles. The molecule has 0 bridgehead atoms. The summed E-state index contributed by atoms with van der Waals surface area (Å²) < 4.78 is 2.33. The van der Waals surface area contributed by atoms with Gasteiger partial charge in [-0.05, 0) is 52.4 Å². The summed E-state index contributed by atoms with van der Waals surface area (Å²) in [7, 11) is 0. The number of aromatic nitrogens is 2. The van der Waals surface area contributed by atoms with Crippen LogP contribution < -0.4 is 0 Å². The van der Waals surface area contributed by atoms with E-state index in [0.29, 0.717) is 23.8 Å². The summed E-state index contributed by atoms with van der Waals surface area (Å²) in [6, 6.07) is 0.454. The van der Waals surface area contributed by atoms with Crippen LogP contribution in [0.15, 0.2) is 6.20 Å². The van der Waals surface area contributed by atoms with Gasteiger partial charge in [-0.25, -0.2) is 4.98 Å². The van der Waals surface area contributed by atoms with Gasteiger partial charge in [-0.1, -0.05) is 0 Å². The predicted molar refractivity (Wildman–Crippen MR) is 83.1 cm³/mol. The fraction of sp³-hybridized carbons (Fsp3) is 0.765. The van der Waals surface area contributed by atoms with Gasteiger partial charge in [0.2, 0.25) is 5.91 Å². The smallest absolute Gasteiger partial charge is 0.225 e. The summed E-state index contributed by atoms with van der Waals surface area (Å²) in [6.07, 6.45) is 7.56. The van der Waals surface area contributed by atoms with Crippen molar-refractivity contribution < 1.29 is 4.79 Å². The van der Waals surface area contributed by atoms with Crippen LogP contribution in [0.1, 0.15) is 57.1 Å². The maximum absolute atomic E-state index is 12.2. The van der Waals surface area contributed by atoms with E-state index in [1.54, 1.807) is 0 Å². The van der Waals surface area contributed by atoms with Gasteiger partial charge in [0.1, 0.15) is 5.82 Å². The molecule has 1 saturated carbocycles. The molecule has 1 unspecified atom stereocenters. The third-order valence-electron chi connectivity index (χ3n) is 4.80. The van der Waals surface area contributed by atoms with Crippen LogP contribution in [0.25, 0.3) is 0 Å². The molecule has 2 heterocycles. The fourth-order valence-electron chi connectivity index (χ4n) is 3.63. The number of piperidine rings is 1. The van der Waals surface area contributed by atoms with E-state index in [2.05, 4.69) is 35.2 Å². The number of nitrogens with zero attached hydrogens (tertiary/aromatic N) is 3. The number of carbonyl (C=O) groups excluding carboxylic acids is 1. The van der Waals surface area contributed by atoms with E-state index in [0.717, 1.165) is 38.8 Å². The highest BCUT2D eigenvalue weighted by molar-refractivity contribution is 5.81. The second-order valence-corrected chi connectivity index (χ2v) is 7.05. The summed E-state index contributed by atoms with van der Waals surface area (Å²) >= 11 is 0. The average Bonchev–Trinajstić information content (AvgIpc) is 3.23. The van der Waals surface area contributed by atoms with Gasteiger partial charge in [-0.3, -0.25) is 4.79 Å². The first kappa shape index (κ1) is 14.6. The van der Waals surface area contributed by atoms with Crippen molar-refractivity contribution in [1.82, 2.24) is 14.5 Å². The molecular weight excluding hydrogens is 262 g/mol. The molecule has 1 amide bonds. The van der Waals surface area contributed by atoms with Crippen molar-refractivity contribution >= 4 is 5.91 Å². The molecule has 4 nitrogen and oxygen atoms in total. The topological polar surface area (TPSA) is 38.1 Å². The quantitative estimate of drug-likeness (QED) is 0.854. The second kappa shape index (κ2) is 5.82. The molecule has 1 saturated heterocycles. The highest BCUT2D eigenvalue weighted by Crippen LogP contribution is 2.33. The van der Waals surface area contributed by atoms with E-state index in [9.17, 15) is 4.79 Å². The Hall–Kier alpha value is -1.32. The number of hydrogen-bond acceptors (Lipinski definition) is 2. The molecule has 2 fully saturated rings. The second-order valence-electron chi connectivity index (χ2n) is 7.05. The highest BCUT2D eigenvalue weighted by Gasteiger charge is 2.35. The van der Waals surface area contributed by atoms with Crippen LogP contribution in [0.4, 0.5) is 0 Å². The van der Waals surface area contributed by atoms with E-state index >= 15 is 0 Å². The van der Waals surface area contributed by atoms with Gasteiger partial charge in [-0.15, -0.1) is 0 Å². The number of likely N-dealkylation sites (tertiary alicyclic amines) is 1. The molecule has 1 aliphatic heterocycles. The largest absolute Gasteiger partial charge is 0.342 e. The van der Waals surface area contributed by atoms with Gasteiger partial charge in [0.25, 0.3) is 0 Å². The van der Waals surface area contributed by atoms with E-state index in [4.69, 9.17) is 0 Å². The standard InChI is InChI=1S/C17H27N3O/c1-12(2)20-13(3)10-18-16(20)9-14-5-4-8-19(11-14)17(21)15-6-7-15/h10,12,14-15H,4-9,11H2,1-3H3. The van der Waals surface area contributed by atoms with Crippen molar-refractivity contribution in [3.05, 3.63) is 17.7 Å². The van der Waals surface area contributed by atoms with E-state index in [-0.39, 0.29) is 0 Å². The van der Waals surface area contributed by atoms with Gasteiger partial charge in [-0.2, -0.15) is 0 Å². The number of imidazole rings is 1. The fourth-order valence-corrected chi connectivity index (χ4v) is 3.63. The zero-order valence-electron chi connectivity index (χ0n) is 13.5. The Kier molecular flexibility index (Phi) is 4.05. The van der Waals surface area contributed by atoms with E-state index in [1.807, 2.05) is 6.20 Å². The van der Waals surface area contributed by atoms with Gasteiger partial charge >= 0.3 is 0 Å². The Bertz CT molecular complexity index is 516. The minimum absolute atomic E-state index is 0.351. The SMILES string of the molecule is Cc1cnc(CC2CCCN(C(=O)C3CC3)C2)n1C(C)C. The molecular formula is C17H27N3O. The molecule has 4 heteroatoms. The molecule has 0 N–H and O–H groups in total. The van der Waals surface area contributed by atoms with Crippen molar-refractivity contribution in [2.24, 2.45) is 11.8 Å². The van der Waals surface area contributed by atoms with Crippen molar-refractivity contribution in [3.8, 4) is 0 Å². The number of carbonyl (C=O) groups is 1. The first-order valence-electron chi connectivity index (χ1n) is 8.37. The monoisotopic (exact) mass is 289 g/mol. The maximum atomic E-state index is 12.2. The van der Waals surface area contributed by atoms with Crippen LogP contribution in [0.3, 0.4) is 0 Å². The van der Waals surface area contributed by atoms with Crippen LogP contribution in [0, 0.1) is 18.8 Å². The molecule has 1 aromatic rings. The lowest BCUT2D eigenvalue weighted by Gasteiger charge is -2.33. The van der Waals surface area contributed by atoms with Gasteiger partial charge in [0.05, 0.1) is 0 Å². The highest BCUT2D eigenvalue weighted by atomic mass is 16.2. The van der Waals surface area contributed by atoms with Crippen LogP contribution in [-0.2, 0) is 11.2 Å². The van der Waals surface area contributed by atoms with Crippen LogP contribution in [0.5, 0.6) is 0 Å². The number of amides is 1. The predicted octanol–water partition coefficient (Wildman–Crippen LogP) is 2.96. The Labute approximate surface area is 127 Å². The molecule has 0 radical (unpaired) electrons. The molecule has 21 heavy (non-hydrogen) atoms. The normalized spacial score (nSPS) is 22.9. The lowest BCUT2D eigenvalue weighted by Crippen LogP contribution is -2.41. The van der Waals surface area contributed by atoms with Crippen LogP contribution in [0.2, 0.25) is 0 Å². The van der Waals surface area contributed by atoms with Gasteiger partial charge < -0.3 is 9.47 Å².